The van der Waals surface area contributed by atoms with Gasteiger partial charge in [0.1, 0.15) is 5.65 Å². The van der Waals surface area contributed by atoms with Crippen molar-refractivity contribution in [3.8, 4) is 0 Å². The van der Waals surface area contributed by atoms with Crippen LogP contribution in [0.3, 0.4) is 0 Å². The topological polar surface area (TPSA) is 110 Å². The number of H-pyrrole nitrogens is 1. The molecule has 0 atom stereocenters. The van der Waals surface area contributed by atoms with Gasteiger partial charge in [0.05, 0.1) is 5.69 Å². The lowest BCUT2D eigenvalue weighted by molar-refractivity contribution is -0.112. The molecule has 28 heavy (non-hydrogen) atoms. The fourth-order valence-electron chi connectivity index (χ4n) is 3.14. The Morgan fingerprint density at radius 2 is 1.89 bits per heavy atom. The number of fused-ring (bicyclic) bond motifs is 1. The summed E-state index contributed by atoms with van der Waals surface area (Å²) >= 11 is 0. The summed E-state index contributed by atoms with van der Waals surface area (Å²) in [5.74, 6) is -0.491. The number of anilines is 3. The molecule has 4 rings (SSSR count). The average Bonchev–Trinajstić information content (AvgIpc) is 3.10. The highest BCUT2D eigenvalue weighted by Gasteiger charge is 2.13. The number of hydrogen-bond donors (Lipinski definition) is 4. The lowest BCUT2D eigenvalue weighted by Gasteiger charge is -2.09. The summed E-state index contributed by atoms with van der Waals surface area (Å²) in [5, 5.41) is 4.23. The molecule has 0 aliphatic heterocycles. The number of primary amides is 1. The van der Waals surface area contributed by atoms with Gasteiger partial charge in [0.2, 0.25) is 5.91 Å². The van der Waals surface area contributed by atoms with Gasteiger partial charge in [-0.3, -0.25) is 4.79 Å². The van der Waals surface area contributed by atoms with Crippen molar-refractivity contribution in [2.75, 3.05) is 11.1 Å². The van der Waals surface area contributed by atoms with Crippen molar-refractivity contribution in [3.63, 3.8) is 0 Å². The summed E-state index contributed by atoms with van der Waals surface area (Å²) in [4.78, 5) is 19.6. The molecular formula is C22H19N5O. The summed E-state index contributed by atoms with van der Waals surface area (Å²) in [7, 11) is 0. The molecule has 4 aromatic rings. The van der Waals surface area contributed by atoms with E-state index in [0.29, 0.717) is 16.9 Å². The fraction of sp³-hybridized carbons (Fsp3) is 0. The van der Waals surface area contributed by atoms with Gasteiger partial charge in [-0.05, 0) is 35.9 Å². The van der Waals surface area contributed by atoms with Crippen molar-refractivity contribution in [3.05, 3.63) is 84.2 Å². The number of amides is 1. The van der Waals surface area contributed by atoms with Crippen LogP contribution in [0.2, 0.25) is 0 Å². The molecule has 0 unspecified atom stereocenters. The Balaban J connectivity index is 1.83. The molecule has 1 amide bonds. The van der Waals surface area contributed by atoms with Crippen molar-refractivity contribution in [1.29, 1.82) is 0 Å². The molecule has 0 saturated carbocycles. The molecule has 2 heterocycles. The standard InChI is InChI=1S/C22H19N5O/c23-16-7-4-8-17(12-16)27-19-9-10-25-22-20(19)15(13-26-22)11-18(21(24)28)14-5-2-1-3-6-14/h1-13H,23H2,(H2,24,28)(H2,25,26,27)/b18-11+. The first-order valence-corrected chi connectivity index (χ1v) is 8.77. The van der Waals surface area contributed by atoms with Gasteiger partial charge in [0.15, 0.2) is 0 Å². The van der Waals surface area contributed by atoms with Crippen molar-refractivity contribution >= 4 is 45.7 Å². The monoisotopic (exact) mass is 369 g/mol. The maximum Gasteiger partial charge on any atom is 0.249 e. The van der Waals surface area contributed by atoms with Crippen LogP contribution in [-0.2, 0) is 4.79 Å². The van der Waals surface area contributed by atoms with Crippen LogP contribution in [0.5, 0.6) is 0 Å². The first-order valence-electron chi connectivity index (χ1n) is 8.77. The first kappa shape index (κ1) is 17.4. The molecule has 0 fully saturated rings. The molecule has 0 saturated heterocycles. The largest absolute Gasteiger partial charge is 0.399 e. The normalized spacial score (nSPS) is 11.5. The van der Waals surface area contributed by atoms with E-state index < -0.39 is 5.91 Å². The number of nitrogens with two attached hydrogens (primary N) is 2. The quantitative estimate of drug-likeness (QED) is 0.316. The number of hydrogen-bond acceptors (Lipinski definition) is 4. The van der Waals surface area contributed by atoms with Gasteiger partial charge in [0.25, 0.3) is 0 Å². The first-order chi connectivity index (χ1) is 13.6. The van der Waals surface area contributed by atoms with Crippen molar-refractivity contribution in [1.82, 2.24) is 9.97 Å². The number of rotatable bonds is 5. The highest BCUT2D eigenvalue weighted by molar-refractivity contribution is 6.24. The third-order valence-corrected chi connectivity index (χ3v) is 4.42. The molecular weight excluding hydrogens is 350 g/mol. The fourth-order valence-corrected chi connectivity index (χ4v) is 3.14. The van der Waals surface area contributed by atoms with Crippen LogP contribution >= 0.6 is 0 Å². The predicted octanol–water partition coefficient (Wildman–Crippen LogP) is 3.91. The Kier molecular flexibility index (Phi) is 4.51. The molecule has 138 valence electrons. The minimum absolute atomic E-state index is 0.431. The number of nitrogens with zero attached hydrogens (tertiary/aromatic N) is 1. The zero-order valence-electron chi connectivity index (χ0n) is 15.0. The second-order valence-corrected chi connectivity index (χ2v) is 6.36. The summed E-state index contributed by atoms with van der Waals surface area (Å²) in [6.45, 7) is 0. The number of carbonyl (C=O) groups is 1. The van der Waals surface area contributed by atoms with Gasteiger partial charge >= 0.3 is 0 Å². The SMILES string of the molecule is NC(=O)/C(=C/c1c[nH]c2nccc(Nc3cccc(N)c3)c12)c1ccccc1. The number of nitrogen functional groups attached to an aromatic ring is 1. The van der Waals surface area contributed by atoms with Crippen LogP contribution in [-0.4, -0.2) is 15.9 Å². The summed E-state index contributed by atoms with van der Waals surface area (Å²) in [5.41, 5.74) is 16.6. The van der Waals surface area contributed by atoms with Crippen LogP contribution in [0, 0.1) is 0 Å². The highest BCUT2D eigenvalue weighted by atomic mass is 16.1. The maximum atomic E-state index is 12.1. The number of aromatic amines is 1. The van der Waals surface area contributed by atoms with Gasteiger partial charge in [-0.2, -0.15) is 0 Å². The van der Waals surface area contributed by atoms with E-state index in [-0.39, 0.29) is 0 Å². The Morgan fingerprint density at radius 3 is 2.64 bits per heavy atom. The minimum atomic E-state index is -0.491. The van der Waals surface area contributed by atoms with Gasteiger partial charge in [-0.1, -0.05) is 36.4 Å². The van der Waals surface area contributed by atoms with E-state index in [9.17, 15) is 4.79 Å². The van der Waals surface area contributed by atoms with Crippen molar-refractivity contribution in [2.24, 2.45) is 5.73 Å². The van der Waals surface area contributed by atoms with E-state index in [1.165, 1.54) is 0 Å². The summed E-state index contributed by atoms with van der Waals surface area (Å²) in [6.07, 6.45) is 5.31. The molecule has 6 nitrogen and oxygen atoms in total. The molecule has 2 aromatic heterocycles. The molecule has 0 aliphatic rings. The third kappa shape index (κ3) is 3.43. The lowest BCUT2D eigenvalue weighted by Crippen LogP contribution is -2.12. The second-order valence-electron chi connectivity index (χ2n) is 6.36. The Labute approximate surface area is 161 Å². The number of benzene rings is 2. The van der Waals surface area contributed by atoms with Crippen molar-refractivity contribution < 1.29 is 4.79 Å². The second kappa shape index (κ2) is 7.28. The van der Waals surface area contributed by atoms with Crippen LogP contribution in [0.1, 0.15) is 11.1 Å². The smallest absolute Gasteiger partial charge is 0.249 e. The molecule has 2 aromatic carbocycles. The van der Waals surface area contributed by atoms with Gasteiger partial charge in [0, 0.05) is 40.3 Å². The number of nitrogens with one attached hydrogen (secondary N) is 2. The zero-order chi connectivity index (χ0) is 19.5. The van der Waals surface area contributed by atoms with Crippen LogP contribution in [0.4, 0.5) is 17.1 Å². The van der Waals surface area contributed by atoms with Crippen LogP contribution < -0.4 is 16.8 Å². The van der Waals surface area contributed by atoms with Crippen LogP contribution in [0.25, 0.3) is 22.7 Å². The Morgan fingerprint density at radius 1 is 1.07 bits per heavy atom. The van der Waals surface area contributed by atoms with E-state index in [1.54, 1.807) is 12.3 Å². The molecule has 0 spiro atoms. The molecule has 6 heteroatoms. The van der Waals surface area contributed by atoms with E-state index in [1.807, 2.05) is 66.9 Å². The van der Waals surface area contributed by atoms with E-state index in [0.717, 1.165) is 27.9 Å². The molecule has 6 N–H and O–H groups in total. The van der Waals surface area contributed by atoms with E-state index in [2.05, 4.69) is 15.3 Å². The molecule has 0 aliphatic carbocycles. The Bertz CT molecular complexity index is 1180. The summed E-state index contributed by atoms with van der Waals surface area (Å²) < 4.78 is 0. The van der Waals surface area contributed by atoms with Gasteiger partial charge in [-0.25, -0.2) is 4.98 Å². The number of carbonyl (C=O) groups excluding carboxylic acids is 1. The zero-order valence-corrected chi connectivity index (χ0v) is 15.0. The highest BCUT2D eigenvalue weighted by Crippen LogP contribution is 2.31. The molecule has 0 radical (unpaired) electrons. The number of aromatic nitrogens is 2. The van der Waals surface area contributed by atoms with E-state index >= 15 is 0 Å². The Hall–Kier alpha value is -4.06. The lowest BCUT2D eigenvalue weighted by atomic mass is 10.0. The predicted molar refractivity (Wildman–Crippen MR) is 114 cm³/mol. The van der Waals surface area contributed by atoms with Gasteiger partial charge in [-0.15, -0.1) is 0 Å². The minimum Gasteiger partial charge on any atom is -0.399 e. The third-order valence-electron chi connectivity index (χ3n) is 4.42. The number of pyridine rings is 1. The average molecular weight is 369 g/mol. The van der Waals surface area contributed by atoms with Gasteiger partial charge < -0.3 is 21.8 Å². The molecule has 0 bridgehead atoms. The van der Waals surface area contributed by atoms with Crippen molar-refractivity contribution in [2.45, 2.75) is 0 Å². The van der Waals surface area contributed by atoms with E-state index in [4.69, 9.17) is 11.5 Å². The van der Waals surface area contributed by atoms with Crippen LogP contribution in [0.15, 0.2) is 73.1 Å². The summed E-state index contributed by atoms with van der Waals surface area (Å²) in [6, 6.07) is 18.7. The maximum absolute atomic E-state index is 12.1.